The van der Waals surface area contributed by atoms with E-state index in [4.69, 9.17) is 23.2 Å². The average Bonchev–Trinajstić information content (AvgIpc) is 2.55. The molecule has 0 saturated carbocycles. The smallest absolute Gasteiger partial charge is 0.320 e. The zero-order valence-electron chi connectivity index (χ0n) is 13.3. The molecular weight excluding hydrogens is 335 g/mol. The number of urea groups is 1. The van der Waals surface area contributed by atoms with Gasteiger partial charge in [-0.2, -0.15) is 0 Å². The first-order valence-electron chi connectivity index (χ1n) is 7.97. The molecule has 5 nitrogen and oxygen atoms in total. The normalized spacial score (nSPS) is 20.0. The molecule has 2 fully saturated rings. The molecule has 0 N–H and O–H groups in total. The standard InChI is InChI=1S/C16H22Cl2N4O/c1-19-5-7-21(8-6-19)16(23)22-11-9-20(10-12-22)15-13(17)3-2-4-14(15)18/h2-4H,5-12H2,1H3. The summed E-state index contributed by atoms with van der Waals surface area (Å²) in [4.78, 5) is 20.9. The van der Waals surface area contributed by atoms with Crippen LogP contribution in [-0.4, -0.2) is 80.1 Å². The monoisotopic (exact) mass is 356 g/mol. The number of likely N-dealkylation sites (N-methyl/N-ethyl adjacent to an activating group) is 1. The fourth-order valence-corrected chi connectivity index (χ4v) is 3.75. The third-order valence-corrected chi connectivity index (χ3v) is 5.19. The van der Waals surface area contributed by atoms with E-state index in [0.29, 0.717) is 23.1 Å². The summed E-state index contributed by atoms with van der Waals surface area (Å²) in [5, 5.41) is 1.33. The molecule has 0 aromatic heterocycles. The Labute approximate surface area is 147 Å². The minimum Gasteiger partial charge on any atom is -0.366 e. The van der Waals surface area contributed by atoms with Gasteiger partial charge in [0.25, 0.3) is 0 Å². The van der Waals surface area contributed by atoms with Crippen LogP contribution >= 0.6 is 23.2 Å². The molecule has 23 heavy (non-hydrogen) atoms. The van der Waals surface area contributed by atoms with E-state index in [1.54, 1.807) is 0 Å². The zero-order valence-corrected chi connectivity index (χ0v) is 14.9. The van der Waals surface area contributed by atoms with Gasteiger partial charge in [-0.25, -0.2) is 4.79 Å². The molecule has 0 aliphatic carbocycles. The molecule has 2 saturated heterocycles. The lowest BCUT2D eigenvalue weighted by Crippen LogP contribution is -2.56. The minimum absolute atomic E-state index is 0.156. The van der Waals surface area contributed by atoms with Crippen molar-refractivity contribution in [3.05, 3.63) is 28.2 Å². The maximum Gasteiger partial charge on any atom is 0.320 e. The summed E-state index contributed by atoms with van der Waals surface area (Å²) in [5.41, 5.74) is 0.877. The fraction of sp³-hybridized carbons (Fsp3) is 0.562. The molecule has 1 aromatic carbocycles. The Hall–Kier alpha value is -1.17. The van der Waals surface area contributed by atoms with Crippen molar-refractivity contribution in [2.75, 3.05) is 64.3 Å². The van der Waals surface area contributed by atoms with Gasteiger partial charge in [0.2, 0.25) is 0 Å². The maximum absolute atomic E-state index is 12.6. The van der Waals surface area contributed by atoms with E-state index in [-0.39, 0.29) is 6.03 Å². The van der Waals surface area contributed by atoms with Gasteiger partial charge in [0.15, 0.2) is 0 Å². The number of nitrogens with zero attached hydrogens (tertiary/aromatic N) is 4. The van der Waals surface area contributed by atoms with Gasteiger partial charge in [-0.1, -0.05) is 29.3 Å². The maximum atomic E-state index is 12.6. The summed E-state index contributed by atoms with van der Waals surface area (Å²) in [7, 11) is 2.09. The largest absolute Gasteiger partial charge is 0.366 e. The predicted octanol–water partition coefficient (Wildman–Crippen LogP) is 2.48. The molecule has 3 rings (SSSR count). The average molecular weight is 357 g/mol. The van der Waals surface area contributed by atoms with E-state index in [0.717, 1.165) is 45.0 Å². The minimum atomic E-state index is 0.156. The second-order valence-electron chi connectivity index (χ2n) is 6.12. The number of para-hydroxylation sites is 1. The zero-order chi connectivity index (χ0) is 16.4. The number of carbonyl (C=O) groups excluding carboxylic acids is 1. The first-order chi connectivity index (χ1) is 11.1. The van der Waals surface area contributed by atoms with Crippen molar-refractivity contribution in [3.8, 4) is 0 Å². The van der Waals surface area contributed by atoms with Gasteiger partial charge < -0.3 is 19.6 Å². The Morgan fingerprint density at radius 3 is 1.87 bits per heavy atom. The molecule has 2 amide bonds. The fourth-order valence-electron chi connectivity index (χ4n) is 3.11. The highest BCUT2D eigenvalue weighted by Gasteiger charge is 2.28. The molecule has 2 aliphatic rings. The Morgan fingerprint density at radius 2 is 1.35 bits per heavy atom. The van der Waals surface area contributed by atoms with Crippen molar-refractivity contribution >= 4 is 34.9 Å². The molecule has 0 bridgehead atoms. The highest BCUT2D eigenvalue weighted by atomic mass is 35.5. The molecule has 0 atom stereocenters. The number of halogens is 2. The van der Waals surface area contributed by atoms with E-state index >= 15 is 0 Å². The lowest BCUT2D eigenvalue weighted by atomic mass is 10.2. The first kappa shape index (κ1) is 16.7. The van der Waals surface area contributed by atoms with Crippen LogP contribution in [0.25, 0.3) is 0 Å². The topological polar surface area (TPSA) is 30.0 Å². The van der Waals surface area contributed by atoms with Crippen LogP contribution in [0.4, 0.5) is 10.5 Å². The van der Waals surface area contributed by atoms with Crippen molar-refractivity contribution < 1.29 is 4.79 Å². The third-order valence-electron chi connectivity index (χ3n) is 4.58. The number of amides is 2. The number of anilines is 1. The van der Waals surface area contributed by atoms with Gasteiger partial charge in [-0.3, -0.25) is 0 Å². The van der Waals surface area contributed by atoms with Crippen LogP contribution in [0.1, 0.15) is 0 Å². The molecular formula is C16H22Cl2N4O. The van der Waals surface area contributed by atoms with Crippen molar-refractivity contribution in [1.29, 1.82) is 0 Å². The number of piperazine rings is 2. The van der Waals surface area contributed by atoms with Crippen LogP contribution in [0.3, 0.4) is 0 Å². The van der Waals surface area contributed by atoms with Gasteiger partial charge in [-0.15, -0.1) is 0 Å². The van der Waals surface area contributed by atoms with E-state index < -0.39 is 0 Å². The molecule has 7 heteroatoms. The second-order valence-corrected chi connectivity index (χ2v) is 6.93. The van der Waals surface area contributed by atoms with Crippen LogP contribution in [0, 0.1) is 0 Å². The molecule has 1 aromatic rings. The van der Waals surface area contributed by atoms with Crippen LogP contribution in [0.15, 0.2) is 18.2 Å². The van der Waals surface area contributed by atoms with Crippen molar-refractivity contribution in [3.63, 3.8) is 0 Å². The van der Waals surface area contributed by atoms with Crippen LogP contribution in [0.5, 0.6) is 0 Å². The van der Waals surface area contributed by atoms with Crippen molar-refractivity contribution in [2.45, 2.75) is 0 Å². The lowest BCUT2D eigenvalue weighted by molar-refractivity contribution is 0.120. The Bertz CT molecular complexity index is 547. The van der Waals surface area contributed by atoms with Crippen molar-refractivity contribution in [1.82, 2.24) is 14.7 Å². The summed E-state index contributed by atoms with van der Waals surface area (Å²) in [6.07, 6.45) is 0. The van der Waals surface area contributed by atoms with Gasteiger partial charge in [0.1, 0.15) is 0 Å². The van der Waals surface area contributed by atoms with Crippen LogP contribution in [0.2, 0.25) is 10.0 Å². The summed E-state index contributed by atoms with van der Waals surface area (Å²) in [6, 6.07) is 5.71. The number of rotatable bonds is 1. The van der Waals surface area contributed by atoms with Crippen LogP contribution in [-0.2, 0) is 0 Å². The number of carbonyl (C=O) groups is 1. The summed E-state index contributed by atoms with van der Waals surface area (Å²) in [5.74, 6) is 0. The first-order valence-corrected chi connectivity index (χ1v) is 8.73. The third kappa shape index (κ3) is 3.67. The van der Waals surface area contributed by atoms with E-state index in [1.807, 2.05) is 28.0 Å². The summed E-state index contributed by atoms with van der Waals surface area (Å²) >= 11 is 12.6. The van der Waals surface area contributed by atoms with Gasteiger partial charge >= 0.3 is 6.03 Å². The summed E-state index contributed by atoms with van der Waals surface area (Å²) in [6.45, 7) is 6.42. The molecule has 0 spiro atoms. The Balaban J connectivity index is 1.59. The van der Waals surface area contributed by atoms with E-state index in [1.165, 1.54) is 0 Å². The van der Waals surface area contributed by atoms with E-state index in [2.05, 4.69) is 16.8 Å². The number of hydrogen-bond acceptors (Lipinski definition) is 3. The molecule has 126 valence electrons. The van der Waals surface area contributed by atoms with Gasteiger partial charge in [0.05, 0.1) is 15.7 Å². The van der Waals surface area contributed by atoms with Gasteiger partial charge in [-0.05, 0) is 19.2 Å². The molecule has 0 radical (unpaired) electrons. The Kier molecular flexibility index (Phi) is 5.19. The number of benzene rings is 1. The van der Waals surface area contributed by atoms with Crippen molar-refractivity contribution in [2.24, 2.45) is 0 Å². The molecule has 2 heterocycles. The quantitative estimate of drug-likeness (QED) is 0.774. The number of hydrogen-bond donors (Lipinski definition) is 0. The lowest BCUT2D eigenvalue weighted by Gasteiger charge is -2.40. The van der Waals surface area contributed by atoms with Gasteiger partial charge in [0, 0.05) is 52.4 Å². The Morgan fingerprint density at radius 1 is 0.870 bits per heavy atom. The highest BCUT2D eigenvalue weighted by molar-refractivity contribution is 6.39. The SMILES string of the molecule is CN1CCN(C(=O)N2CCN(c3c(Cl)cccc3Cl)CC2)CC1. The highest BCUT2D eigenvalue weighted by Crippen LogP contribution is 2.34. The molecule has 0 unspecified atom stereocenters. The predicted molar refractivity (Wildman–Crippen MR) is 94.7 cm³/mol. The van der Waals surface area contributed by atoms with E-state index in [9.17, 15) is 4.79 Å². The second kappa shape index (κ2) is 7.16. The van der Waals surface area contributed by atoms with Crippen LogP contribution < -0.4 is 4.90 Å². The molecule has 2 aliphatic heterocycles. The summed E-state index contributed by atoms with van der Waals surface area (Å²) < 4.78 is 0.